The minimum Gasteiger partial charge on any atom is -0.322 e. The van der Waals surface area contributed by atoms with Gasteiger partial charge in [-0.25, -0.2) is 0 Å². The second-order valence-electron chi connectivity index (χ2n) is 6.01. The molecule has 0 aliphatic carbocycles. The molecule has 1 N–H and O–H groups in total. The molecule has 0 bridgehead atoms. The van der Waals surface area contributed by atoms with Gasteiger partial charge in [-0.15, -0.1) is 11.8 Å². The van der Waals surface area contributed by atoms with E-state index < -0.39 is 0 Å². The minimum atomic E-state index is -0.114. The Morgan fingerprint density at radius 3 is 2.43 bits per heavy atom. The maximum atomic E-state index is 12.4. The van der Waals surface area contributed by atoms with Crippen molar-refractivity contribution in [3.8, 4) is 0 Å². The quantitative estimate of drug-likeness (QED) is 0.856. The highest BCUT2D eigenvalue weighted by molar-refractivity contribution is 7.99. The predicted molar refractivity (Wildman–Crippen MR) is 97.9 cm³/mol. The molecule has 2 aromatic rings. The second kappa shape index (κ2) is 7.68. The number of aryl methyl sites for hydroxylation is 1. The highest BCUT2D eigenvalue weighted by Crippen LogP contribution is 2.24. The first-order valence-electron chi connectivity index (χ1n) is 7.92. The third kappa shape index (κ3) is 4.38. The molecule has 1 aromatic heterocycles. The fourth-order valence-corrected chi connectivity index (χ4v) is 3.29. The summed E-state index contributed by atoms with van der Waals surface area (Å²) in [6, 6.07) is 10.5. The number of hydrogen-bond donors (Lipinski definition) is 1. The number of carbonyl (C=O) groups excluding carboxylic acids is 1. The number of amides is 1. The van der Waals surface area contributed by atoms with E-state index in [0.717, 1.165) is 22.8 Å². The molecule has 124 valence electrons. The first kappa shape index (κ1) is 17.6. The van der Waals surface area contributed by atoms with E-state index in [2.05, 4.69) is 36.4 Å². The highest BCUT2D eigenvalue weighted by Gasteiger charge is 2.19. The normalized spacial score (nSPS) is 12.4. The van der Waals surface area contributed by atoms with Gasteiger partial charge in [0.1, 0.15) is 0 Å². The van der Waals surface area contributed by atoms with Crippen LogP contribution in [0.25, 0.3) is 0 Å². The van der Waals surface area contributed by atoms with Crippen molar-refractivity contribution in [2.75, 3.05) is 5.32 Å². The van der Waals surface area contributed by atoms with E-state index in [1.54, 1.807) is 11.8 Å². The number of hydrogen-bond acceptors (Lipinski definition) is 3. The fourth-order valence-electron chi connectivity index (χ4n) is 2.44. The molecule has 2 rings (SSSR count). The Kier molecular flexibility index (Phi) is 5.88. The summed E-state index contributed by atoms with van der Waals surface area (Å²) in [5.74, 6) is 0.860. The van der Waals surface area contributed by atoms with Crippen LogP contribution < -0.4 is 5.32 Å². The Bertz CT molecular complexity index is 664. The molecule has 0 aliphatic rings. The van der Waals surface area contributed by atoms with Crippen LogP contribution in [0.15, 0.2) is 30.3 Å². The summed E-state index contributed by atoms with van der Waals surface area (Å²) >= 11 is 1.64. The summed E-state index contributed by atoms with van der Waals surface area (Å²) in [7, 11) is 0. The smallest absolute Gasteiger partial charge is 0.237 e. The van der Waals surface area contributed by atoms with E-state index in [1.165, 1.54) is 5.56 Å². The minimum absolute atomic E-state index is 0.0282. The van der Waals surface area contributed by atoms with Crippen molar-refractivity contribution < 1.29 is 4.79 Å². The van der Waals surface area contributed by atoms with Crippen LogP contribution in [0.2, 0.25) is 0 Å². The van der Waals surface area contributed by atoms with Gasteiger partial charge in [-0.3, -0.25) is 9.48 Å². The number of anilines is 1. The third-order valence-electron chi connectivity index (χ3n) is 3.77. The van der Waals surface area contributed by atoms with Gasteiger partial charge < -0.3 is 5.32 Å². The van der Waals surface area contributed by atoms with Gasteiger partial charge in [-0.2, -0.15) is 5.10 Å². The van der Waals surface area contributed by atoms with Crippen LogP contribution in [-0.4, -0.2) is 20.9 Å². The van der Waals surface area contributed by atoms with Gasteiger partial charge in [0.25, 0.3) is 0 Å². The molecular formula is C18H25N3OS. The van der Waals surface area contributed by atoms with E-state index in [-0.39, 0.29) is 17.2 Å². The van der Waals surface area contributed by atoms with Gasteiger partial charge in [-0.1, -0.05) is 30.3 Å². The van der Waals surface area contributed by atoms with E-state index in [1.807, 2.05) is 43.7 Å². The summed E-state index contributed by atoms with van der Waals surface area (Å²) in [5, 5.41) is 7.44. The van der Waals surface area contributed by atoms with Gasteiger partial charge in [-0.05, 0) is 40.2 Å². The largest absolute Gasteiger partial charge is 0.322 e. The summed E-state index contributed by atoms with van der Waals surface area (Å²) in [4.78, 5) is 12.4. The summed E-state index contributed by atoms with van der Waals surface area (Å²) in [6.45, 7) is 10.0. The van der Waals surface area contributed by atoms with Crippen LogP contribution in [0, 0.1) is 13.8 Å². The molecule has 5 heteroatoms. The Hall–Kier alpha value is -1.75. The summed E-state index contributed by atoms with van der Waals surface area (Å²) in [6.07, 6.45) is 0. The van der Waals surface area contributed by atoms with E-state index in [9.17, 15) is 4.79 Å². The molecule has 0 radical (unpaired) electrons. The molecule has 1 amide bonds. The lowest BCUT2D eigenvalue weighted by Crippen LogP contribution is -2.23. The zero-order valence-electron chi connectivity index (χ0n) is 14.5. The maximum Gasteiger partial charge on any atom is 0.237 e. The van der Waals surface area contributed by atoms with Crippen molar-refractivity contribution in [2.45, 2.75) is 51.7 Å². The van der Waals surface area contributed by atoms with Crippen LogP contribution >= 0.6 is 11.8 Å². The Morgan fingerprint density at radius 2 is 1.87 bits per heavy atom. The molecule has 4 nitrogen and oxygen atoms in total. The summed E-state index contributed by atoms with van der Waals surface area (Å²) < 4.78 is 1.95. The molecule has 0 fully saturated rings. The van der Waals surface area contributed by atoms with E-state index in [0.29, 0.717) is 0 Å². The highest BCUT2D eigenvalue weighted by atomic mass is 32.2. The maximum absolute atomic E-state index is 12.4. The van der Waals surface area contributed by atoms with Gasteiger partial charge >= 0.3 is 0 Å². The van der Waals surface area contributed by atoms with Gasteiger partial charge in [0.2, 0.25) is 5.91 Å². The molecule has 1 unspecified atom stereocenters. The predicted octanol–water partition coefficient (Wildman–Crippen LogP) is 4.34. The molecule has 0 aliphatic heterocycles. The van der Waals surface area contributed by atoms with Gasteiger partial charge in [0, 0.05) is 11.8 Å². The standard InChI is InChI=1S/C18H25N3OS/c1-12(2)21-14(4)17(13(3)20-21)19-18(22)15(5)23-11-16-9-7-6-8-10-16/h6-10,12,15H,11H2,1-5H3,(H,19,22). The number of nitrogens with zero attached hydrogens (tertiary/aromatic N) is 2. The topological polar surface area (TPSA) is 46.9 Å². The SMILES string of the molecule is Cc1nn(C(C)C)c(C)c1NC(=O)C(C)SCc1ccccc1. The average Bonchev–Trinajstić information content (AvgIpc) is 2.81. The molecule has 0 saturated heterocycles. The first-order chi connectivity index (χ1) is 10.9. The lowest BCUT2D eigenvalue weighted by Gasteiger charge is -2.13. The second-order valence-corrected chi connectivity index (χ2v) is 7.34. The van der Waals surface area contributed by atoms with Gasteiger partial charge in [0.05, 0.1) is 22.3 Å². The van der Waals surface area contributed by atoms with Crippen LogP contribution in [0.1, 0.15) is 43.8 Å². The van der Waals surface area contributed by atoms with Crippen molar-refractivity contribution >= 4 is 23.4 Å². The zero-order chi connectivity index (χ0) is 17.0. The molecule has 0 saturated carbocycles. The molecule has 1 aromatic carbocycles. The van der Waals surface area contributed by atoms with Crippen molar-refractivity contribution in [1.82, 2.24) is 9.78 Å². The Balaban J connectivity index is 1.99. The summed E-state index contributed by atoms with van der Waals surface area (Å²) in [5.41, 5.74) is 3.95. The lowest BCUT2D eigenvalue weighted by atomic mass is 10.2. The molecule has 1 atom stereocenters. The fraction of sp³-hybridized carbons (Fsp3) is 0.444. The number of carbonyl (C=O) groups is 1. The van der Waals surface area contributed by atoms with Gasteiger partial charge in [0.15, 0.2) is 0 Å². The molecule has 0 spiro atoms. The average molecular weight is 331 g/mol. The molecular weight excluding hydrogens is 306 g/mol. The van der Waals surface area contributed by atoms with Crippen molar-refractivity contribution in [3.63, 3.8) is 0 Å². The number of aromatic nitrogens is 2. The van der Waals surface area contributed by atoms with Crippen molar-refractivity contribution in [2.24, 2.45) is 0 Å². The van der Waals surface area contributed by atoms with Crippen LogP contribution in [0.4, 0.5) is 5.69 Å². The van der Waals surface area contributed by atoms with E-state index in [4.69, 9.17) is 0 Å². The molecule has 23 heavy (non-hydrogen) atoms. The third-order valence-corrected chi connectivity index (χ3v) is 4.99. The lowest BCUT2D eigenvalue weighted by molar-refractivity contribution is -0.115. The monoisotopic (exact) mass is 331 g/mol. The number of thioether (sulfide) groups is 1. The number of nitrogens with one attached hydrogen (secondary N) is 1. The first-order valence-corrected chi connectivity index (χ1v) is 8.97. The molecule has 1 heterocycles. The van der Waals surface area contributed by atoms with Crippen LogP contribution in [-0.2, 0) is 10.5 Å². The van der Waals surface area contributed by atoms with E-state index >= 15 is 0 Å². The Morgan fingerprint density at radius 1 is 1.22 bits per heavy atom. The van der Waals surface area contributed by atoms with Crippen LogP contribution in [0.3, 0.4) is 0 Å². The number of rotatable bonds is 6. The van der Waals surface area contributed by atoms with Crippen LogP contribution in [0.5, 0.6) is 0 Å². The zero-order valence-corrected chi connectivity index (χ0v) is 15.3. The Labute approximate surface area is 142 Å². The van der Waals surface area contributed by atoms with Crippen molar-refractivity contribution in [3.05, 3.63) is 47.3 Å². The number of benzene rings is 1. The van der Waals surface area contributed by atoms with Crippen molar-refractivity contribution in [1.29, 1.82) is 0 Å².